The van der Waals surface area contributed by atoms with Gasteiger partial charge in [-0.05, 0) is 31.2 Å². The van der Waals surface area contributed by atoms with Gasteiger partial charge in [0.2, 0.25) is 5.91 Å². The van der Waals surface area contributed by atoms with Crippen molar-refractivity contribution in [1.82, 2.24) is 10.2 Å². The van der Waals surface area contributed by atoms with Crippen molar-refractivity contribution in [2.24, 2.45) is 0 Å². The van der Waals surface area contributed by atoms with E-state index in [1.165, 1.54) is 7.11 Å². The number of benzene rings is 2. The zero-order valence-corrected chi connectivity index (χ0v) is 16.8. The molecular formula is C20H18N4O4S. The summed E-state index contributed by atoms with van der Waals surface area (Å²) in [6.07, 6.45) is 0. The Balaban J connectivity index is 1.71. The lowest BCUT2D eigenvalue weighted by Gasteiger charge is -2.10. The smallest absolute Gasteiger partial charge is 0.277 e. The number of nitrogens with zero attached hydrogens (tertiary/aromatic N) is 3. The topological polar surface area (TPSA) is 110 Å². The van der Waals surface area contributed by atoms with Gasteiger partial charge in [-0.15, -0.1) is 10.2 Å². The third-order valence-electron chi connectivity index (χ3n) is 4.00. The highest BCUT2D eigenvalue weighted by atomic mass is 32.2. The number of amides is 1. The van der Waals surface area contributed by atoms with E-state index < -0.39 is 5.25 Å². The lowest BCUT2D eigenvalue weighted by atomic mass is 10.2. The second-order valence-electron chi connectivity index (χ2n) is 5.85. The summed E-state index contributed by atoms with van der Waals surface area (Å²) in [6, 6.07) is 14.1. The number of nitriles is 1. The van der Waals surface area contributed by atoms with Crippen molar-refractivity contribution < 1.29 is 18.7 Å². The van der Waals surface area contributed by atoms with E-state index >= 15 is 0 Å². The lowest BCUT2D eigenvalue weighted by molar-refractivity contribution is -0.115. The summed E-state index contributed by atoms with van der Waals surface area (Å²) in [5.74, 6) is 1.17. The molecule has 1 aromatic heterocycles. The van der Waals surface area contributed by atoms with Gasteiger partial charge in [0.15, 0.2) is 0 Å². The fourth-order valence-corrected chi connectivity index (χ4v) is 3.15. The molecule has 0 aliphatic rings. The van der Waals surface area contributed by atoms with Gasteiger partial charge in [-0.1, -0.05) is 23.9 Å². The molecule has 0 spiro atoms. The molecule has 9 heteroatoms. The molecule has 0 unspecified atom stereocenters. The second-order valence-corrected chi connectivity index (χ2v) is 7.14. The number of anilines is 1. The summed E-state index contributed by atoms with van der Waals surface area (Å²) in [6.45, 7) is 1.72. The average Bonchev–Trinajstić information content (AvgIpc) is 3.21. The predicted octanol–water partition coefficient (Wildman–Crippen LogP) is 3.74. The number of hydrogen-bond donors (Lipinski definition) is 1. The van der Waals surface area contributed by atoms with Gasteiger partial charge in [0.25, 0.3) is 11.1 Å². The number of aromatic nitrogens is 2. The van der Waals surface area contributed by atoms with Crippen molar-refractivity contribution in [3.63, 3.8) is 0 Å². The van der Waals surface area contributed by atoms with Gasteiger partial charge < -0.3 is 19.2 Å². The molecule has 1 amide bonds. The molecule has 1 heterocycles. The van der Waals surface area contributed by atoms with Crippen LogP contribution in [0.5, 0.6) is 11.5 Å². The van der Waals surface area contributed by atoms with Gasteiger partial charge in [-0.2, -0.15) is 5.26 Å². The zero-order chi connectivity index (χ0) is 20.8. The van der Waals surface area contributed by atoms with Gasteiger partial charge in [0, 0.05) is 6.07 Å². The van der Waals surface area contributed by atoms with E-state index in [-0.39, 0.29) is 17.0 Å². The highest BCUT2D eigenvalue weighted by molar-refractivity contribution is 8.00. The fourth-order valence-electron chi connectivity index (χ4n) is 2.47. The molecule has 1 atom stereocenters. The minimum absolute atomic E-state index is 0.245. The van der Waals surface area contributed by atoms with Gasteiger partial charge in [0.05, 0.1) is 36.3 Å². The van der Waals surface area contributed by atoms with E-state index in [0.29, 0.717) is 28.3 Å². The molecule has 0 saturated heterocycles. The highest BCUT2D eigenvalue weighted by Crippen LogP contribution is 2.34. The molecule has 0 aliphatic carbocycles. The average molecular weight is 410 g/mol. The van der Waals surface area contributed by atoms with Crippen molar-refractivity contribution in [3.8, 4) is 29.0 Å². The van der Waals surface area contributed by atoms with E-state index in [4.69, 9.17) is 19.2 Å². The number of rotatable bonds is 7. The van der Waals surface area contributed by atoms with Gasteiger partial charge >= 0.3 is 0 Å². The SMILES string of the molecule is COc1ccc(-c2nnc(S[C@@H](C)C(=O)Nc3ccccc3C#N)o2)c(OC)c1. The summed E-state index contributed by atoms with van der Waals surface area (Å²) in [4.78, 5) is 12.5. The zero-order valence-electron chi connectivity index (χ0n) is 16.0. The van der Waals surface area contributed by atoms with Crippen LogP contribution in [0.1, 0.15) is 12.5 Å². The van der Waals surface area contributed by atoms with E-state index in [9.17, 15) is 4.79 Å². The maximum atomic E-state index is 12.5. The van der Waals surface area contributed by atoms with Crippen LogP contribution in [0.2, 0.25) is 0 Å². The Morgan fingerprint density at radius 2 is 2.00 bits per heavy atom. The van der Waals surface area contributed by atoms with Crippen LogP contribution in [0.4, 0.5) is 5.69 Å². The molecule has 0 saturated carbocycles. The molecule has 0 radical (unpaired) electrons. The number of thioether (sulfide) groups is 1. The van der Waals surface area contributed by atoms with Gasteiger partial charge in [-0.25, -0.2) is 0 Å². The largest absolute Gasteiger partial charge is 0.497 e. The van der Waals surface area contributed by atoms with Gasteiger partial charge in [0.1, 0.15) is 17.6 Å². The molecule has 0 bridgehead atoms. The van der Waals surface area contributed by atoms with Crippen LogP contribution in [0, 0.1) is 11.3 Å². The third-order valence-corrected chi connectivity index (χ3v) is 4.93. The van der Waals surface area contributed by atoms with E-state index in [2.05, 4.69) is 15.5 Å². The quantitative estimate of drug-likeness (QED) is 0.587. The highest BCUT2D eigenvalue weighted by Gasteiger charge is 2.21. The van der Waals surface area contributed by atoms with E-state index in [1.54, 1.807) is 56.5 Å². The number of methoxy groups -OCH3 is 2. The van der Waals surface area contributed by atoms with Crippen LogP contribution in [-0.2, 0) is 4.79 Å². The first-order chi connectivity index (χ1) is 14.0. The van der Waals surface area contributed by atoms with Crippen LogP contribution < -0.4 is 14.8 Å². The molecule has 3 rings (SSSR count). The maximum Gasteiger partial charge on any atom is 0.277 e. The molecule has 29 heavy (non-hydrogen) atoms. The molecule has 2 aromatic carbocycles. The number of hydrogen-bond acceptors (Lipinski definition) is 8. The molecule has 0 fully saturated rings. The fraction of sp³-hybridized carbons (Fsp3) is 0.200. The van der Waals surface area contributed by atoms with E-state index in [0.717, 1.165) is 11.8 Å². The van der Waals surface area contributed by atoms with Crippen molar-refractivity contribution in [2.75, 3.05) is 19.5 Å². The Bertz CT molecular complexity index is 1060. The number of para-hydroxylation sites is 1. The normalized spacial score (nSPS) is 11.4. The Morgan fingerprint density at radius 1 is 1.21 bits per heavy atom. The number of carbonyl (C=O) groups is 1. The van der Waals surface area contributed by atoms with Crippen molar-refractivity contribution in [1.29, 1.82) is 5.26 Å². The van der Waals surface area contributed by atoms with Crippen molar-refractivity contribution in [3.05, 3.63) is 48.0 Å². The minimum Gasteiger partial charge on any atom is -0.497 e. The van der Waals surface area contributed by atoms with Crippen LogP contribution in [0.3, 0.4) is 0 Å². The van der Waals surface area contributed by atoms with Crippen LogP contribution >= 0.6 is 11.8 Å². The van der Waals surface area contributed by atoms with Crippen LogP contribution in [0.25, 0.3) is 11.5 Å². The van der Waals surface area contributed by atoms with Crippen molar-refractivity contribution >= 4 is 23.4 Å². The molecule has 1 N–H and O–H groups in total. The molecule has 8 nitrogen and oxygen atoms in total. The first-order valence-electron chi connectivity index (χ1n) is 8.58. The summed E-state index contributed by atoms with van der Waals surface area (Å²) in [5.41, 5.74) is 1.47. The maximum absolute atomic E-state index is 12.5. The first kappa shape index (κ1) is 20.2. The second kappa shape index (κ2) is 9.12. The Kier molecular flexibility index (Phi) is 6.36. The molecule has 3 aromatic rings. The summed E-state index contributed by atoms with van der Waals surface area (Å²) < 4.78 is 16.2. The minimum atomic E-state index is -0.521. The summed E-state index contributed by atoms with van der Waals surface area (Å²) >= 11 is 1.12. The third kappa shape index (κ3) is 4.67. The van der Waals surface area contributed by atoms with Crippen LogP contribution in [0.15, 0.2) is 52.1 Å². The Labute approximate surface area is 171 Å². The first-order valence-corrected chi connectivity index (χ1v) is 9.46. The van der Waals surface area contributed by atoms with E-state index in [1.807, 2.05) is 6.07 Å². The summed E-state index contributed by atoms with van der Waals surface area (Å²) in [7, 11) is 3.10. The molecule has 148 valence electrons. The monoisotopic (exact) mass is 410 g/mol. The standard InChI is InChI=1S/C20H18N4O4S/c1-12(18(25)22-16-7-5-4-6-13(16)11-21)29-20-24-23-19(28-20)15-9-8-14(26-2)10-17(15)27-3/h4-10,12H,1-3H3,(H,22,25)/t12-/m0/s1. The Morgan fingerprint density at radius 3 is 2.72 bits per heavy atom. The molecule has 0 aliphatic heterocycles. The van der Waals surface area contributed by atoms with Gasteiger partial charge in [-0.3, -0.25) is 4.79 Å². The van der Waals surface area contributed by atoms with Crippen LogP contribution in [-0.4, -0.2) is 35.6 Å². The number of carbonyl (C=O) groups excluding carboxylic acids is 1. The molecular weight excluding hydrogens is 392 g/mol. The lowest BCUT2D eigenvalue weighted by Crippen LogP contribution is -2.22. The summed E-state index contributed by atoms with van der Waals surface area (Å²) in [5, 5.41) is 19.6. The Hall–Kier alpha value is -3.51. The van der Waals surface area contributed by atoms with Crippen molar-refractivity contribution in [2.45, 2.75) is 17.4 Å². The number of ether oxygens (including phenoxy) is 2. The number of nitrogens with one attached hydrogen (secondary N) is 1. The predicted molar refractivity (Wildman–Crippen MR) is 108 cm³/mol.